The van der Waals surface area contributed by atoms with Crippen molar-refractivity contribution >= 4 is 18.0 Å². The molecule has 0 aliphatic rings. The summed E-state index contributed by atoms with van der Waals surface area (Å²) in [5.41, 5.74) is -1.42. The maximum atomic E-state index is 12.2. The molecule has 0 fully saturated rings. The number of hydrogen-bond donors (Lipinski definition) is 1. The number of carbonyl (C=O) groups excluding carboxylic acids is 3. The predicted molar refractivity (Wildman–Crippen MR) is 84.8 cm³/mol. The zero-order valence-corrected chi connectivity index (χ0v) is 14.9. The number of rotatable bonds is 5. The standard InChI is InChI=1S/C16H27NO6/c1-10(12(18)21-8)9-11(13(19)22-15(2,3)4)17-14(20)23-16(5,6)7/h11H,1,9H2,2-8H3,(H,17,20)/t11-/m0/s1. The van der Waals surface area contributed by atoms with Gasteiger partial charge in [0, 0.05) is 12.0 Å². The van der Waals surface area contributed by atoms with Crippen LogP contribution in [-0.4, -0.2) is 42.4 Å². The second kappa shape index (κ2) is 7.99. The molecule has 0 unspecified atom stereocenters. The van der Waals surface area contributed by atoms with Gasteiger partial charge in [-0.3, -0.25) is 0 Å². The van der Waals surface area contributed by atoms with E-state index in [1.807, 2.05) is 0 Å². The highest BCUT2D eigenvalue weighted by Crippen LogP contribution is 2.14. The molecule has 132 valence electrons. The van der Waals surface area contributed by atoms with Crippen molar-refractivity contribution in [3.8, 4) is 0 Å². The van der Waals surface area contributed by atoms with Crippen LogP contribution in [0.3, 0.4) is 0 Å². The zero-order valence-electron chi connectivity index (χ0n) is 14.9. The molecule has 0 saturated heterocycles. The van der Waals surface area contributed by atoms with E-state index in [1.165, 1.54) is 7.11 Å². The lowest BCUT2D eigenvalue weighted by atomic mass is 10.1. The third-order valence-corrected chi connectivity index (χ3v) is 2.31. The van der Waals surface area contributed by atoms with Gasteiger partial charge in [0.1, 0.15) is 17.2 Å². The third-order valence-electron chi connectivity index (χ3n) is 2.31. The Morgan fingerprint density at radius 2 is 1.48 bits per heavy atom. The third kappa shape index (κ3) is 9.55. The van der Waals surface area contributed by atoms with Crippen molar-refractivity contribution < 1.29 is 28.6 Å². The van der Waals surface area contributed by atoms with Crippen molar-refractivity contribution in [3.63, 3.8) is 0 Å². The average Bonchev–Trinajstić information content (AvgIpc) is 2.32. The molecule has 7 nitrogen and oxygen atoms in total. The van der Waals surface area contributed by atoms with E-state index in [1.54, 1.807) is 41.5 Å². The van der Waals surface area contributed by atoms with Gasteiger partial charge in [-0.05, 0) is 41.5 Å². The fourth-order valence-corrected chi connectivity index (χ4v) is 1.49. The SMILES string of the molecule is C=C(C[C@H](NC(=O)OC(C)(C)C)C(=O)OC(C)(C)C)C(=O)OC. The Labute approximate surface area is 137 Å². The normalized spacial score (nSPS) is 12.8. The van der Waals surface area contributed by atoms with Gasteiger partial charge in [-0.2, -0.15) is 0 Å². The van der Waals surface area contributed by atoms with Crippen LogP contribution in [0.15, 0.2) is 12.2 Å². The number of carbonyl (C=O) groups is 3. The zero-order chi connectivity index (χ0) is 18.4. The van der Waals surface area contributed by atoms with Crippen LogP contribution in [0.2, 0.25) is 0 Å². The molecule has 1 N–H and O–H groups in total. The Morgan fingerprint density at radius 3 is 1.87 bits per heavy atom. The fraction of sp³-hybridized carbons (Fsp3) is 0.688. The molecule has 0 spiro atoms. The van der Waals surface area contributed by atoms with Gasteiger partial charge in [-0.1, -0.05) is 6.58 Å². The van der Waals surface area contributed by atoms with Crippen LogP contribution in [0.1, 0.15) is 48.0 Å². The van der Waals surface area contributed by atoms with E-state index in [4.69, 9.17) is 9.47 Å². The highest BCUT2D eigenvalue weighted by molar-refractivity contribution is 5.90. The van der Waals surface area contributed by atoms with Crippen molar-refractivity contribution in [1.29, 1.82) is 0 Å². The van der Waals surface area contributed by atoms with Crippen LogP contribution in [0, 0.1) is 0 Å². The second-order valence-corrected chi connectivity index (χ2v) is 7.03. The minimum Gasteiger partial charge on any atom is -0.466 e. The van der Waals surface area contributed by atoms with Gasteiger partial charge in [0.25, 0.3) is 0 Å². The Bertz CT molecular complexity index is 470. The molecule has 0 radical (unpaired) electrons. The maximum absolute atomic E-state index is 12.2. The van der Waals surface area contributed by atoms with Gasteiger partial charge >= 0.3 is 18.0 Å². The molecule has 1 atom stereocenters. The Morgan fingerprint density at radius 1 is 1.00 bits per heavy atom. The second-order valence-electron chi connectivity index (χ2n) is 7.03. The van der Waals surface area contributed by atoms with Gasteiger partial charge in [0.15, 0.2) is 0 Å². The molecule has 0 aliphatic carbocycles. The van der Waals surface area contributed by atoms with E-state index in [9.17, 15) is 14.4 Å². The van der Waals surface area contributed by atoms with Crippen molar-refractivity contribution in [1.82, 2.24) is 5.32 Å². The van der Waals surface area contributed by atoms with Gasteiger partial charge in [-0.25, -0.2) is 14.4 Å². The fourth-order valence-electron chi connectivity index (χ4n) is 1.49. The number of alkyl carbamates (subject to hydrolysis) is 1. The highest BCUT2D eigenvalue weighted by Gasteiger charge is 2.30. The largest absolute Gasteiger partial charge is 0.466 e. The van der Waals surface area contributed by atoms with Gasteiger partial charge < -0.3 is 19.5 Å². The average molecular weight is 329 g/mol. The molecule has 0 aromatic carbocycles. The van der Waals surface area contributed by atoms with Crippen LogP contribution in [0.4, 0.5) is 4.79 Å². The summed E-state index contributed by atoms with van der Waals surface area (Å²) >= 11 is 0. The van der Waals surface area contributed by atoms with Crippen LogP contribution in [0.5, 0.6) is 0 Å². The number of amides is 1. The topological polar surface area (TPSA) is 90.9 Å². The summed E-state index contributed by atoms with van der Waals surface area (Å²) in [4.78, 5) is 35.5. The van der Waals surface area contributed by atoms with Gasteiger partial charge in [-0.15, -0.1) is 0 Å². The van der Waals surface area contributed by atoms with Crippen LogP contribution in [-0.2, 0) is 23.8 Å². The Hall–Kier alpha value is -2.05. The Kier molecular flexibility index (Phi) is 7.27. The number of ether oxygens (including phenoxy) is 3. The van der Waals surface area contributed by atoms with E-state index < -0.39 is 35.3 Å². The monoisotopic (exact) mass is 329 g/mol. The molecule has 0 aromatic rings. The molecule has 0 bridgehead atoms. The highest BCUT2D eigenvalue weighted by atomic mass is 16.6. The van der Waals surface area contributed by atoms with Crippen LogP contribution < -0.4 is 5.32 Å². The molecule has 0 rings (SSSR count). The first-order chi connectivity index (χ1) is 10.2. The van der Waals surface area contributed by atoms with Crippen LogP contribution in [0.25, 0.3) is 0 Å². The lowest BCUT2D eigenvalue weighted by Gasteiger charge is -2.26. The van der Waals surface area contributed by atoms with Gasteiger partial charge in [0.05, 0.1) is 7.11 Å². The molecule has 23 heavy (non-hydrogen) atoms. The molecular weight excluding hydrogens is 302 g/mol. The summed E-state index contributed by atoms with van der Waals surface area (Å²) in [6, 6.07) is -1.10. The molecule has 0 aliphatic heterocycles. The van der Waals surface area contributed by atoms with Crippen molar-refractivity contribution in [2.75, 3.05) is 7.11 Å². The summed E-state index contributed by atoms with van der Waals surface area (Å²) in [7, 11) is 1.21. The van der Waals surface area contributed by atoms with Crippen molar-refractivity contribution in [2.24, 2.45) is 0 Å². The lowest BCUT2D eigenvalue weighted by molar-refractivity contribution is -0.157. The predicted octanol–water partition coefficient (Wildman–Crippen LogP) is 2.34. The van der Waals surface area contributed by atoms with E-state index >= 15 is 0 Å². The summed E-state index contributed by atoms with van der Waals surface area (Å²) in [5, 5.41) is 2.40. The first-order valence-corrected chi connectivity index (χ1v) is 7.23. The lowest BCUT2D eigenvalue weighted by Crippen LogP contribution is -2.46. The quantitative estimate of drug-likeness (QED) is 0.473. The number of nitrogens with one attached hydrogen (secondary N) is 1. The number of esters is 2. The van der Waals surface area contributed by atoms with E-state index in [-0.39, 0.29) is 12.0 Å². The maximum Gasteiger partial charge on any atom is 0.408 e. The molecule has 1 amide bonds. The van der Waals surface area contributed by atoms with Crippen LogP contribution >= 0.6 is 0 Å². The smallest absolute Gasteiger partial charge is 0.408 e. The summed E-state index contributed by atoms with van der Waals surface area (Å²) in [6.45, 7) is 13.7. The minimum atomic E-state index is -1.10. The molecule has 0 heterocycles. The van der Waals surface area contributed by atoms with E-state index in [0.29, 0.717) is 0 Å². The molecule has 0 saturated carbocycles. The molecular formula is C16H27NO6. The molecule has 7 heteroatoms. The molecule has 0 aromatic heterocycles. The van der Waals surface area contributed by atoms with Gasteiger partial charge in [0.2, 0.25) is 0 Å². The van der Waals surface area contributed by atoms with Crippen molar-refractivity contribution in [2.45, 2.75) is 65.2 Å². The Balaban J connectivity index is 5.07. The number of methoxy groups -OCH3 is 1. The van der Waals surface area contributed by atoms with Crippen molar-refractivity contribution in [3.05, 3.63) is 12.2 Å². The summed E-state index contributed by atoms with van der Waals surface area (Å²) in [5.74, 6) is -1.35. The first kappa shape index (κ1) is 20.9. The number of hydrogen-bond acceptors (Lipinski definition) is 6. The minimum absolute atomic E-state index is 0.0411. The first-order valence-electron chi connectivity index (χ1n) is 7.23. The van der Waals surface area contributed by atoms with E-state index in [2.05, 4.69) is 16.6 Å². The van der Waals surface area contributed by atoms with E-state index in [0.717, 1.165) is 0 Å². The summed E-state index contributed by atoms with van der Waals surface area (Å²) < 4.78 is 14.9. The summed E-state index contributed by atoms with van der Waals surface area (Å²) in [6.07, 6.45) is -0.924.